The van der Waals surface area contributed by atoms with Crippen molar-refractivity contribution in [1.82, 2.24) is 9.80 Å². The Morgan fingerprint density at radius 3 is 2.26 bits per heavy atom. The summed E-state index contributed by atoms with van der Waals surface area (Å²) < 4.78 is 31.8. The molecular formula is C40H40FN3O6. The number of ether oxygens (including phenoxy) is 3. The van der Waals surface area contributed by atoms with Gasteiger partial charge in [-0.3, -0.25) is 14.4 Å². The van der Waals surface area contributed by atoms with Crippen LogP contribution in [0.5, 0.6) is 11.5 Å². The van der Waals surface area contributed by atoms with E-state index in [0.29, 0.717) is 54.3 Å². The first-order valence-electron chi connectivity index (χ1n) is 17.1. The summed E-state index contributed by atoms with van der Waals surface area (Å²) in [7, 11) is 0. The molecule has 3 aliphatic heterocycles. The lowest BCUT2D eigenvalue weighted by Gasteiger charge is -2.39. The molecule has 0 radical (unpaired) electrons. The summed E-state index contributed by atoms with van der Waals surface area (Å²) in [4.78, 5) is 49.2. The lowest BCUT2D eigenvalue weighted by molar-refractivity contribution is -0.125. The smallest absolute Gasteiger partial charge is 0.254 e. The number of hydrogen-bond donors (Lipinski definition) is 0. The average Bonchev–Trinajstić information content (AvgIpc) is 3.71. The van der Waals surface area contributed by atoms with Crippen LogP contribution in [0.3, 0.4) is 0 Å². The van der Waals surface area contributed by atoms with Crippen molar-refractivity contribution in [3.8, 4) is 11.5 Å². The summed E-state index contributed by atoms with van der Waals surface area (Å²) in [6.07, 6.45) is 1.27. The molecule has 3 atom stereocenters. The van der Waals surface area contributed by atoms with Crippen LogP contribution < -0.4 is 14.4 Å². The number of anilines is 1. The SMILES string of the molecule is CC(C)[C@H]1C(=O)N2c3cc4c(cc3[C@H](N(Cc3ccccc3)C(=O)c3ccccc3)[C@H]2COCCCCN1C(=O)c1ccc(F)cc1)OCO4. The van der Waals surface area contributed by atoms with Crippen molar-refractivity contribution in [1.29, 1.82) is 0 Å². The highest BCUT2D eigenvalue weighted by Crippen LogP contribution is 2.50. The molecule has 1 fully saturated rings. The van der Waals surface area contributed by atoms with Crippen molar-refractivity contribution in [2.75, 3.05) is 31.5 Å². The fourth-order valence-corrected chi connectivity index (χ4v) is 7.30. The van der Waals surface area contributed by atoms with Crippen LogP contribution >= 0.6 is 0 Å². The van der Waals surface area contributed by atoms with Crippen molar-refractivity contribution in [3.05, 3.63) is 125 Å². The van der Waals surface area contributed by atoms with Gasteiger partial charge in [-0.15, -0.1) is 0 Å². The van der Waals surface area contributed by atoms with E-state index in [9.17, 15) is 14.0 Å². The van der Waals surface area contributed by atoms with E-state index >= 15 is 4.79 Å². The zero-order valence-electron chi connectivity index (χ0n) is 28.2. The van der Waals surface area contributed by atoms with Gasteiger partial charge in [-0.1, -0.05) is 62.4 Å². The van der Waals surface area contributed by atoms with E-state index in [-0.39, 0.29) is 43.6 Å². The number of rotatable bonds is 6. The molecule has 3 amide bonds. The zero-order valence-corrected chi connectivity index (χ0v) is 28.2. The Balaban J connectivity index is 1.38. The van der Waals surface area contributed by atoms with Crippen molar-refractivity contribution < 1.29 is 33.0 Å². The van der Waals surface area contributed by atoms with Crippen molar-refractivity contribution in [2.45, 2.75) is 51.4 Å². The normalized spacial score (nSPS) is 20.2. The maximum atomic E-state index is 15.3. The number of benzene rings is 4. The van der Waals surface area contributed by atoms with Gasteiger partial charge in [0.15, 0.2) is 11.5 Å². The third-order valence-corrected chi connectivity index (χ3v) is 9.65. The third-order valence-electron chi connectivity index (χ3n) is 9.65. The molecule has 0 unspecified atom stereocenters. The number of nitrogens with zero attached hydrogens (tertiary/aromatic N) is 3. The standard InChI is InChI=1S/C40H40FN3O6/c1-26(2)36-40(47)44-32-22-35-34(49-25-50-35)21-31(32)37(43(23-27-11-5-3-6-12-27)39(46)28-13-7-4-8-14-28)33(44)24-48-20-10-9-19-42(36)38(45)29-15-17-30(41)18-16-29/h3-8,11-18,21-22,26,33,36-37H,9-10,19-20,23-25H2,1-2H3/t33-,36+,37+/m1/s1. The molecule has 0 aliphatic carbocycles. The molecule has 4 aromatic rings. The second kappa shape index (κ2) is 14.3. The highest BCUT2D eigenvalue weighted by Gasteiger charge is 2.50. The minimum absolute atomic E-state index is 0.0363. The molecule has 0 aromatic heterocycles. The Morgan fingerprint density at radius 2 is 1.56 bits per heavy atom. The topological polar surface area (TPSA) is 88.6 Å². The fourth-order valence-electron chi connectivity index (χ4n) is 7.30. The van der Waals surface area contributed by atoms with Gasteiger partial charge in [-0.05, 0) is 66.8 Å². The Labute approximate surface area is 291 Å². The fraction of sp³-hybridized carbons (Fsp3) is 0.325. The average molecular weight is 678 g/mol. The van der Waals surface area contributed by atoms with Gasteiger partial charge in [0.25, 0.3) is 11.8 Å². The predicted octanol–water partition coefficient (Wildman–Crippen LogP) is 6.63. The number of carbonyl (C=O) groups excluding carboxylic acids is 3. The Morgan fingerprint density at radius 1 is 0.880 bits per heavy atom. The highest BCUT2D eigenvalue weighted by atomic mass is 19.1. The molecular weight excluding hydrogens is 637 g/mol. The molecule has 3 aliphatic rings. The predicted molar refractivity (Wildman–Crippen MR) is 185 cm³/mol. The van der Waals surface area contributed by atoms with Crippen LogP contribution in [0.4, 0.5) is 10.1 Å². The Kier molecular flexibility index (Phi) is 9.54. The second-order valence-electron chi connectivity index (χ2n) is 13.2. The number of fused-ring (bicyclic) bond motifs is 4. The summed E-state index contributed by atoms with van der Waals surface area (Å²) in [6, 6.07) is 25.8. The van der Waals surface area contributed by atoms with E-state index < -0.39 is 23.9 Å². The van der Waals surface area contributed by atoms with Gasteiger partial charge in [0.2, 0.25) is 12.7 Å². The Hall–Kier alpha value is -5.22. The monoisotopic (exact) mass is 677 g/mol. The third kappa shape index (κ3) is 6.43. The molecule has 258 valence electrons. The molecule has 0 N–H and O–H groups in total. The molecule has 0 spiro atoms. The first kappa shape index (κ1) is 33.3. The molecule has 3 heterocycles. The van der Waals surface area contributed by atoms with Crippen molar-refractivity contribution >= 4 is 23.4 Å². The van der Waals surface area contributed by atoms with E-state index in [2.05, 4.69) is 0 Å². The van der Waals surface area contributed by atoms with Crippen LogP contribution in [0.15, 0.2) is 97.1 Å². The van der Waals surface area contributed by atoms with Crippen LogP contribution in [-0.4, -0.2) is 66.2 Å². The van der Waals surface area contributed by atoms with E-state index in [1.54, 1.807) is 28.0 Å². The number of hydrogen-bond acceptors (Lipinski definition) is 6. The van der Waals surface area contributed by atoms with Crippen LogP contribution in [-0.2, 0) is 16.1 Å². The molecule has 0 bridgehead atoms. The van der Waals surface area contributed by atoms with Crippen molar-refractivity contribution in [3.63, 3.8) is 0 Å². The minimum atomic E-state index is -0.863. The number of halogens is 1. The molecule has 4 aromatic carbocycles. The van der Waals surface area contributed by atoms with Crippen molar-refractivity contribution in [2.24, 2.45) is 5.92 Å². The number of amides is 3. The van der Waals surface area contributed by atoms with Crippen LogP contribution in [0, 0.1) is 11.7 Å². The Bertz CT molecular complexity index is 1850. The van der Waals surface area contributed by atoms with E-state index in [4.69, 9.17) is 14.2 Å². The van der Waals surface area contributed by atoms with Gasteiger partial charge >= 0.3 is 0 Å². The van der Waals surface area contributed by atoms with E-state index in [1.807, 2.05) is 73.3 Å². The summed E-state index contributed by atoms with van der Waals surface area (Å²) in [5.74, 6) is -0.531. The summed E-state index contributed by atoms with van der Waals surface area (Å²) >= 11 is 0. The van der Waals surface area contributed by atoms with Gasteiger partial charge in [0, 0.05) is 42.5 Å². The zero-order chi connectivity index (χ0) is 34.8. The van der Waals surface area contributed by atoms with Gasteiger partial charge in [0.05, 0.1) is 24.4 Å². The van der Waals surface area contributed by atoms with E-state index in [1.165, 1.54) is 24.3 Å². The summed E-state index contributed by atoms with van der Waals surface area (Å²) in [5, 5.41) is 0. The highest BCUT2D eigenvalue weighted by molar-refractivity contribution is 6.05. The second-order valence-corrected chi connectivity index (χ2v) is 13.2. The van der Waals surface area contributed by atoms with Gasteiger partial charge < -0.3 is 28.9 Å². The molecule has 10 heteroatoms. The largest absolute Gasteiger partial charge is 0.454 e. The molecule has 9 nitrogen and oxygen atoms in total. The minimum Gasteiger partial charge on any atom is -0.454 e. The van der Waals surface area contributed by atoms with Gasteiger partial charge in [0.1, 0.15) is 11.9 Å². The molecule has 50 heavy (non-hydrogen) atoms. The van der Waals surface area contributed by atoms with Gasteiger partial charge in [-0.2, -0.15) is 0 Å². The lowest BCUT2D eigenvalue weighted by atomic mass is 9.97. The quantitative estimate of drug-likeness (QED) is 0.228. The van der Waals surface area contributed by atoms with E-state index in [0.717, 1.165) is 11.1 Å². The maximum Gasteiger partial charge on any atom is 0.254 e. The van der Waals surface area contributed by atoms with Crippen LogP contribution in [0.25, 0.3) is 0 Å². The van der Waals surface area contributed by atoms with Crippen LogP contribution in [0.1, 0.15) is 64.6 Å². The van der Waals surface area contributed by atoms with Gasteiger partial charge in [-0.25, -0.2) is 4.39 Å². The van der Waals surface area contributed by atoms with Crippen LogP contribution in [0.2, 0.25) is 0 Å². The molecule has 1 saturated heterocycles. The summed E-state index contributed by atoms with van der Waals surface area (Å²) in [6.45, 7) is 5.03. The molecule has 7 rings (SSSR count). The number of carbonyl (C=O) groups is 3. The maximum absolute atomic E-state index is 15.3. The summed E-state index contributed by atoms with van der Waals surface area (Å²) in [5.41, 5.74) is 3.06. The lowest BCUT2D eigenvalue weighted by Crippen LogP contribution is -2.57. The first-order valence-corrected chi connectivity index (χ1v) is 17.1. The molecule has 0 saturated carbocycles. The first-order chi connectivity index (χ1) is 24.3.